The topological polar surface area (TPSA) is 46.3 Å². The molecule has 3 nitrogen and oxygen atoms in total. The molecule has 1 amide bonds. The molecule has 1 aromatic carbocycles. The van der Waals surface area contributed by atoms with Crippen molar-refractivity contribution in [3.63, 3.8) is 0 Å². The van der Waals surface area contributed by atoms with Crippen molar-refractivity contribution >= 4 is 11.6 Å². The van der Waals surface area contributed by atoms with E-state index in [1.165, 1.54) is 24.3 Å². The van der Waals surface area contributed by atoms with E-state index >= 15 is 0 Å². The van der Waals surface area contributed by atoms with Gasteiger partial charge in [0.1, 0.15) is 0 Å². The van der Waals surface area contributed by atoms with Gasteiger partial charge in [0.2, 0.25) is 0 Å². The van der Waals surface area contributed by atoms with E-state index in [1.54, 1.807) is 0 Å². The molecule has 2 N–H and O–H groups in total. The third-order valence-electron chi connectivity index (χ3n) is 2.31. The average molecular weight is 264 g/mol. The standard InChI is InChI=1S/C11H12F4N2O/c1-17(10(18)11(14,15)9(12)13)6-7-2-4-8(16)5-3-7/h2-5,9H,6,16H2,1H3. The lowest BCUT2D eigenvalue weighted by Crippen LogP contribution is -2.45. The molecule has 18 heavy (non-hydrogen) atoms. The van der Waals surface area contributed by atoms with Crippen LogP contribution in [0.1, 0.15) is 5.56 Å². The van der Waals surface area contributed by atoms with Crippen molar-refractivity contribution < 1.29 is 22.4 Å². The first kappa shape index (κ1) is 14.3. The van der Waals surface area contributed by atoms with Gasteiger partial charge in [0.25, 0.3) is 5.91 Å². The summed E-state index contributed by atoms with van der Waals surface area (Å²) in [5.41, 5.74) is 6.42. The number of halogens is 4. The molecule has 1 rings (SSSR count). The number of amides is 1. The maximum absolute atomic E-state index is 12.8. The number of benzene rings is 1. The summed E-state index contributed by atoms with van der Waals surface area (Å²) < 4.78 is 49.6. The predicted octanol–water partition coefficient (Wildman–Crippen LogP) is 2.13. The SMILES string of the molecule is CN(Cc1ccc(N)cc1)C(=O)C(F)(F)C(F)F. The van der Waals surface area contributed by atoms with E-state index in [0.29, 0.717) is 16.2 Å². The second kappa shape index (κ2) is 5.24. The molecule has 0 atom stereocenters. The second-order valence-electron chi connectivity index (χ2n) is 3.83. The van der Waals surface area contributed by atoms with Gasteiger partial charge in [0.05, 0.1) is 0 Å². The third-order valence-corrected chi connectivity index (χ3v) is 2.31. The number of hydrogen-bond acceptors (Lipinski definition) is 2. The molecule has 0 bridgehead atoms. The zero-order valence-electron chi connectivity index (χ0n) is 9.54. The Bertz CT molecular complexity index is 420. The molecular weight excluding hydrogens is 252 g/mol. The number of nitrogens with two attached hydrogens (primary N) is 1. The summed E-state index contributed by atoms with van der Waals surface area (Å²) in [6, 6.07) is 6.11. The molecule has 0 aromatic heterocycles. The molecule has 0 fully saturated rings. The Morgan fingerprint density at radius 3 is 2.28 bits per heavy atom. The van der Waals surface area contributed by atoms with Crippen LogP contribution in [-0.2, 0) is 11.3 Å². The summed E-state index contributed by atoms with van der Waals surface area (Å²) in [5, 5.41) is 0. The first-order valence-electron chi connectivity index (χ1n) is 5.01. The summed E-state index contributed by atoms with van der Waals surface area (Å²) in [5.74, 6) is -6.57. The fourth-order valence-electron chi connectivity index (χ4n) is 1.32. The minimum atomic E-state index is -4.66. The predicted molar refractivity (Wildman–Crippen MR) is 58.3 cm³/mol. The van der Waals surface area contributed by atoms with Crippen molar-refractivity contribution in [3.05, 3.63) is 29.8 Å². The Hall–Kier alpha value is -1.79. The fraction of sp³-hybridized carbons (Fsp3) is 0.364. The molecule has 0 aliphatic carbocycles. The van der Waals surface area contributed by atoms with Crippen LogP contribution >= 0.6 is 0 Å². The van der Waals surface area contributed by atoms with E-state index in [-0.39, 0.29) is 6.54 Å². The van der Waals surface area contributed by atoms with Gasteiger partial charge in [0, 0.05) is 19.3 Å². The highest BCUT2D eigenvalue weighted by Crippen LogP contribution is 2.25. The van der Waals surface area contributed by atoms with Crippen LogP contribution in [0.25, 0.3) is 0 Å². The molecule has 1 aromatic rings. The van der Waals surface area contributed by atoms with Crippen LogP contribution in [0.2, 0.25) is 0 Å². The van der Waals surface area contributed by atoms with Crippen molar-refractivity contribution in [3.8, 4) is 0 Å². The van der Waals surface area contributed by atoms with Crippen molar-refractivity contribution in [2.75, 3.05) is 12.8 Å². The van der Waals surface area contributed by atoms with E-state index in [9.17, 15) is 22.4 Å². The van der Waals surface area contributed by atoms with Crippen molar-refractivity contribution in [2.45, 2.75) is 18.9 Å². The van der Waals surface area contributed by atoms with E-state index in [4.69, 9.17) is 5.73 Å². The van der Waals surface area contributed by atoms with Crippen LogP contribution in [0.4, 0.5) is 23.2 Å². The summed E-state index contributed by atoms with van der Waals surface area (Å²) in [6.45, 7) is -0.193. The average Bonchev–Trinajstić information content (AvgIpc) is 2.30. The second-order valence-corrected chi connectivity index (χ2v) is 3.83. The molecule has 0 radical (unpaired) electrons. The number of carbonyl (C=O) groups excluding carboxylic acids is 1. The van der Waals surface area contributed by atoms with Crippen LogP contribution in [0.3, 0.4) is 0 Å². The third kappa shape index (κ3) is 3.12. The van der Waals surface area contributed by atoms with Gasteiger partial charge in [-0.15, -0.1) is 0 Å². The van der Waals surface area contributed by atoms with Crippen LogP contribution in [0, 0.1) is 0 Å². The lowest BCUT2D eigenvalue weighted by atomic mass is 10.2. The minimum absolute atomic E-state index is 0.193. The Morgan fingerprint density at radius 2 is 1.83 bits per heavy atom. The maximum atomic E-state index is 12.8. The van der Waals surface area contributed by atoms with E-state index < -0.39 is 18.3 Å². The van der Waals surface area contributed by atoms with Crippen molar-refractivity contribution in [1.29, 1.82) is 0 Å². The monoisotopic (exact) mass is 264 g/mol. The largest absolute Gasteiger partial charge is 0.399 e. The number of nitrogen functional groups attached to an aromatic ring is 1. The highest BCUT2D eigenvalue weighted by Gasteiger charge is 2.50. The summed E-state index contributed by atoms with van der Waals surface area (Å²) >= 11 is 0. The van der Waals surface area contributed by atoms with E-state index in [1.807, 2.05) is 0 Å². The molecule has 0 saturated heterocycles. The number of anilines is 1. The Morgan fingerprint density at radius 1 is 1.33 bits per heavy atom. The number of carbonyl (C=O) groups is 1. The van der Waals surface area contributed by atoms with Crippen molar-refractivity contribution in [2.24, 2.45) is 0 Å². The molecule has 0 aliphatic heterocycles. The normalized spacial score (nSPS) is 11.7. The van der Waals surface area contributed by atoms with E-state index in [0.717, 1.165) is 7.05 Å². The number of hydrogen-bond donors (Lipinski definition) is 1. The molecule has 7 heteroatoms. The van der Waals surface area contributed by atoms with Gasteiger partial charge in [-0.1, -0.05) is 12.1 Å². The number of rotatable bonds is 4. The lowest BCUT2D eigenvalue weighted by Gasteiger charge is -2.22. The van der Waals surface area contributed by atoms with Crippen LogP contribution in [-0.4, -0.2) is 30.2 Å². The van der Waals surface area contributed by atoms with Crippen LogP contribution in [0.15, 0.2) is 24.3 Å². The Kier molecular flexibility index (Phi) is 4.15. The van der Waals surface area contributed by atoms with Gasteiger partial charge < -0.3 is 10.6 Å². The molecule has 0 spiro atoms. The zero-order chi connectivity index (χ0) is 13.9. The van der Waals surface area contributed by atoms with Gasteiger partial charge in [-0.3, -0.25) is 4.79 Å². The fourth-order valence-corrected chi connectivity index (χ4v) is 1.32. The quantitative estimate of drug-likeness (QED) is 0.669. The lowest BCUT2D eigenvalue weighted by molar-refractivity contribution is -0.179. The van der Waals surface area contributed by atoms with Gasteiger partial charge in [0.15, 0.2) is 0 Å². The molecule has 0 saturated carbocycles. The van der Waals surface area contributed by atoms with Gasteiger partial charge in [-0.05, 0) is 17.7 Å². The zero-order valence-corrected chi connectivity index (χ0v) is 9.54. The Labute approximate surface area is 101 Å². The first-order valence-corrected chi connectivity index (χ1v) is 5.01. The van der Waals surface area contributed by atoms with E-state index in [2.05, 4.69) is 0 Å². The highest BCUT2D eigenvalue weighted by atomic mass is 19.3. The molecule has 0 heterocycles. The molecule has 0 aliphatic rings. The van der Waals surface area contributed by atoms with Gasteiger partial charge in [-0.2, -0.15) is 8.78 Å². The highest BCUT2D eigenvalue weighted by molar-refractivity contribution is 5.83. The first-order chi connectivity index (χ1) is 8.25. The summed E-state index contributed by atoms with van der Waals surface area (Å²) in [7, 11) is 1.04. The van der Waals surface area contributed by atoms with Crippen LogP contribution in [0.5, 0.6) is 0 Å². The minimum Gasteiger partial charge on any atom is -0.399 e. The van der Waals surface area contributed by atoms with Gasteiger partial charge in [-0.25, -0.2) is 8.78 Å². The summed E-state index contributed by atoms with van der Waals surface area (Å²) in [4.78, 5) is 11.7. The molecule has 0 unspecified atom stereocenters. The van der Waals surface area contributed by atoms with Gasteiger partial charge >= 0.3 is 12.3 Å². The number of alkyl halides is 4. The van der Waals surface area contributed by atoms with Crippen LogP contribution < -0.4 is 5.73 Å². The Balaban J connectivity index is 2.74. The maximum Gasteiger partial charge on any atom is 0.383 e. The van der Waals surface area contributed by atoms with Crippen molar-refractivity contribution in [1.82, 2.24) is 4.90 Å². The smallest absolute Gasteiger partial charge is 0.383 e. The summed E-state index contributed by atoms with van der Waals surface area (Å²) in [6.07, 6.45) is -4.01. The molecular formula is C11H12F4N2O. The number of nitrogens with zero attached hydrogens (tertiary/aromatic N) is 1. The molecule has 100 valence electrons.